The predicted molar refractivity (Wildman–Crippen MR) is 174 cm³/mol. The molecule has 5 rings (SSSR count). The number of ether oxygens (including phenoxy) is 1. The van der Waals surface area contributed by atoms with Gasteiger partial charge in [-0.05, 0) is 87.9 Å². The van der Waals surface area contributed by atoms with E-state index in [0.29, 0.717) is 61.7 Å². The topological polar surface area (TPSA) is 120 Å². The fourth-order valence-electron chi connectivity index (χ4n) is 5.78. The summed E-state index contributed by atoms with van der Waals surface area (Å²) in [6.07, 6.45) is 2.80. The first-order valence-corrected chi connectivity index (χ1v) is 16.0. The Morgan fingerprint density at radius 1 is 1.00 bits per heavy atom. The molecule has 10 nitrogen and oxygen atoms in total. The lowest BCUT2D eigenvalue weighted by atomic mass is 9.90. The highest BCUT2D eigenvalue weighted by molar-refractivity contribution is 7.11. The number of oxime groups is 1. The maximum atomic E-state index is 13.8. The molecule has 2 aromatic heterocycles. The number of aromatic nitrogens is 1. The fraction of sp³-hybridized carbons (Fsp3) is 0.382. The summed E-state index contributed by atoms with van der Waals surface area (Å²) in [6.45, 7) is 9.53. The molecule has 0 bridgehead atoms. The predicted octanol–water partition coefficient (Wildman–Crippen LogP) is 6.07. The van der Waals surface area contributed by atoms with Gasteiger partial charge in [0.05, 0.1) is 25.3 Å². The van der Waals surface area contributed by atoms with Crippen LogP contribution in [0.3, 0.4) is 0 Å². The molecule has 0 aliphatic carbocycles. The summed E-state index contributed by atoms with van der Waals surface area (Å²) in [5.74, 6) is -0.982. The summed E-state index contributed by atoms with van der Waals surface area (Å²) in [6, 6.07) is 14.6. The number of carbonyl (C=O) groups is 3. The molecule has 1 fully saturated rings. The van der Waals surface area contributed by atoms with Crippen molar-refractivity contribution in [2.24, 2.45) is 10.1 Å². The lowest BCUT2D eigenvalue weighted by Gasteiger charge is -2.39. The third-order valence-corrected chi connectivity index (χ3v) is 9.13. The van der Waals surface area contributed by atoms with Crippen molar-refractivity contribution < 1.29 is 28.8 Å². The molecule has 0 radical (unpaired) electrons. The zero-order chi connectivity index (χ0) is 32.0. The number of rotatable bonds is 13. The number of thiophene rings is 1. The number of fused-ring (bicyclic) bond motifs is 3. The Labute approximate surface area is 265 Å². The van der Waals surface area contributed by atoms with Crippen LogP contribution in [0.15, 0.2) is 64.1 Å². The first-order chi connectivity index (χ1) is 21.8. The van der Waals surface area contributed by atoms with E-state index >= 15 is 0 Å². The molecule has 0 N–H and O–H groups in total. The van der Waals surface area contributed by atoms with E-state index in [4.69, 9.17) is 9.57 Å². The highest BCUT2D eigenvalue weighted by Crippen LogP contribution is 2.33. The number of carbonyl (C=O) groups excluding carboxylic acids is 4. The quantitative estimate of drug-likeness (QED) is 0.0440. The van der Waals surface area contributed by atoms with E-state index in [1.54, 1.807) is 23.6 Å². The van der Waals surface area contributed by atoms with E-state index in [9.17, 15) is 19.2 Å². The Balaban J connectivity index is 1.49. The third-order valence-electron chi connectivity index (χ3n) is 8.28. The van der Waals surface area contributed by atoms with E-state index in [0.717, 1.165) is 21.8 Å². The summed E-state index contributed by atoms with van der Waals surface area (Å²) < 4.78 is 7.65. The van der Waals surface area contributed by atoms with Gasteiger partial charge in [0.1, 0.15) is 10.6 Å². The molecule has 0 atom stereocenters. The first-order valence-electron chi connectivity index (χ1n) is 15.1. The van der Waals surface area contributed by atoms with Gasteiger partial charge in [0.25, 0.3) is 0 Å². The molecule has 234 valence electrons. The van der Waals surface area contributed by atoms with Crippen molar-refractivity contribution in [3.8, 4) is 0 Å². The van der Waals surface area contributed by atoms with E-state index in [1.807, 2.05) is 44.2 Å². The normalized spacial score (nSPS) is 14.4. The van der Waals surface area contributed by atoms with Gasteiger partial charge in [-0.2, -0.15) is 0 Å². The van der Waals surface area contributed by atoms with Gasteiger partial charge in [-0.15, -0.1) is 11.3 Å². The first kappa shape index (κ1) is 32.1. The smallest absolute Gasteiger partial charge is 0.375 e. The highest BCUT2D eigenvalue weighted by Gasteiger charge is 2.36. The number of ketones is 2. The number of benzene rings is 2. The molecule has 1 aliphatic heterocycles. The summed E-state index contributed by atoms with van der Waals surface area (Å²) in [5.41, 5.74) is 2.29. The van der Waals surface area contributed by atoms with Crippen molar-refractivity contribution in [1.29, 1.82) is 0 Å². The van der Waals surface area contributed by atoms with Crippen molar-refractivity contribution in [1.82, 2.24) is 9.47 Å². The summed E-state index contributed by atoms with van der Waals surface area (Å²) in [5, 5.41) is 7.47. The Hall–Kier alpha value is -4.28. The van der Waals surface area contributed by atoms with Gasteiger partial charge < -0.3 is 14.1 Å². The number of aryl methyl sites for hydroxylation is 1. The molecular weight excluding hydrogens is 592 g/mol. The van der Waals surface area contributed by atoms with Crippen LogP contribution in [0, 0.1) is 0 Å². The van der Waals surface area contributed by atoms with Gasteiger partial charge in [0, 0.05) is 52.6 Å². The maximum absolute atomic E-state index is 13.8. The number of hydrogen-bond donors (Lipinski definition) is 0. The third kappa shape index (κ3) is 6.87. The van der Waals surface area contributed by atoms with Gasteiger partial charge in [-0.3, -0.25) is 14.5 Å². The average Bonchev–Trinajstić information content (AvgIpc) is 3.72. The molecule has 0 saturated carbocycles. The largest absolute Gasteiger partial charge is 0.379 e. The number of morpholine rings is 1. The van der Waals surface area contributed by atoms with Crippen LogP contribution in [0.1, 0.15) is 70.4 Å². The molecule has 4 aromatic rings. The molecule has 1 aliphatic rings. The summed E-state index contributed by atoms with van der Waals surface area (Å²) in [4.78, 5) is 61.8. The van der Waals surface area contributed by atoms with Crippen LogP contribution >= 0.6 is 11.3 Å². The Kier molecular flexibility index (Phi) is 10.1. The van der Waals surface area contributed by atoms with E-state index in [2.05, 4.69) is 26.5 Å². The highest BCUT2D eigenvalue weighted by atomic mass is 32.1. The molecule has 2 aromatic carbocycles. The molecule has 0 unspecified atom stereocenters. The molecule has 0 spiro atoms. The van der Waals surface area contributed by atoms with E-state index in [-0.39, 0.29) is 30.2 Å². The minimum Gasteiger partial charge on any atom is -0.379 e. The number of Topliss-reactive ketones (excluding diaryl/α,β-unsaturated/α-hetero) is 2. The number of aliphatic imine (C=N–C) groups is 1. The standard InChI is InChI=1S/C34H36N4O6S/c1-4-38-28-12-10-23(31(40)27(8-5-6-14-35-22-39)36-44-33(42)30-9-7-19-45-30)20-25(28)26-21-24(11-13-29(26)38)32(41)34(2,3)37-15-17-43-18-16-37/h7,9-13,19-21H,4-6,8,14-18H2,1-3H3/b36-27+. The van der Waals surface area contributed by atoms with Crippen LogP contribution < -0.4 is 0 Å². The van der Waals surface area contributed by atoms with Gasteiger partial charge in [-0.25, -0.2) is 14.6 Å². The van der Waals surface area contributed by atoms with Crippen molar-refractivity contribution >= 4 is 62.5 Å². The number of isocyanates is 1. The van der Waals surface area contributed by atoms with Crippen LogP contribution in [0.4, 0.5) is 0 Å². The van der Waals surface area contributed by atoms with Crippen LogP contribution in [-0.2, 0) is 20.9 Å². The molecule has 0 amide bonds. The number of unbranched alkanes of at least 4 members (excludes halogenated alkanes) is 1. The van der Waals surface area contributed by atoms with Gasteiger partial charge >= 0.3 is 5.97 Å². The second kappa shape index (κ2) is 14.2. The zero-order valence-electron chi connectivity index (χ0n) is 25.7. The van der Waals surface area contributed by atoms with Crippen LogP contribution in [-0.4, -0.2) is 77.2 Å². The molecule has 11 heteroatoms. The molecule has 1 saturated heterocycles. The van der Waals surface area contributed by atoms with Gasteiger partial charge in [0.2, 0.25) is 11.9 Å². The SMILES string of the molecule is CCn1c2ccc(C(=O)/C(CCCCN=C=O)=N/OC(=O)c3cccs3)cc2c2cc(C(=O)C(C)(C)N3CCOCC3)ccc21. The fourth-order valence-corrected chi connectivity index (χ4v) is 6.37. The Morgan fingerprint density at radius 2 is 1.69 bits per heavy atom. The monoisotopic (exact) mass is 628 g/mol. The van der Waals surface area contributed by atoms with E-state index < -0.39 is 11.5 Å². The van der Waals surface area contributed by atoms with Crippen molar-refractivity contribution in [2.75, 3.05) is 32.8 Å². The second-order valence-electron chi connectivity index (χ2n) is 11.3. The van der Waals surface area contributed by atoms with Crippen LogP contribution in [0.5, 0.6) is 0 Å². The molecule has 3 heterocycles. The zero-order valence-corrected chi connectivity index (χ0v) is 26.5. The van der Waals surface area contributed by atoms with Crippen LogP contribution in [0.25, 0.3) is 21.8 Å². The minimum absolute atomic E-state index is 0.0248. The summed E-state index contributed by atoms with van der Waals surface area (Å²) in [7, 11) is 0. The number of nitrogens with zero attached hydrogens (tertiary/aromatic N) is 4. The second-order valence-corrected chi connectivity index (χ2v) is 12.3. The van der Waals surface area contributed by atoms with Crippen molar-refractivity contribution in [2.45, 2.75) is 52.1 Å². The average molecular weight is 629 g/mol. The minimum atomic E-state index is -0.704. The van der Waals surface area contributed by atoms with E-state index in [1.165, 1.54) is 17.4 Å². The number of hydrogen-bond acceptors (Lipinski definition) is 10. The Morgan fingerprint density at radius 3 is 2.33 bits per heavy atom. The van der Waals surface area contributed by atoms with Crippen molar-refractivity contribution in [3.05, 3.63) is 69.9 Å². The Bertz CT molecular complexity index is 1790. The lowest BCUT2D eigenvalue weighted by molar-refractivity contribution is -0.00429. The molecular formula is C34H36N4O6S. The summed E-state index contributed by atoms with van der Waals surface area (Å²) >= 11 is 1.22. The maximum Gasteiger partial charge on any atom is 0.375 e. The van der Waals surface area contributed by atoms with Gasteiger partial charge in [0.15, 0.2) is 5.78 Å². The van der Waals surface area contributed by atoms with Crippen molar-refractivity contribution in [3.63, 3.8) is 0 Å². The lowest BCUT2D eigenvalue weighted by Crippen LogP contribution is -2.54. The van der Waals surface area contributed by atoms with Crippen LogP contribution in [0.2, 0.25) is 0 Å². The molecule has 45 heavy (non-hydrogen) atoms. The van der Waals surface area contributed by atoms with Gasteiger partial charge in [-0.1, -0.05) is 11.2 Å².